The van der Waals surface area contributed by atoms with E-state index in [1.807, 2.05) is 20.0 Å². The maximum Gasteiger partial charge on any atom is 0.162 e. The highest BCUT2D eigenvalue weighted by atomic mass is 16.5. The maximum absolute atomic E-state index is 11.6. The fraction of sp³-hybridized carbons (Fsp3) is 0.688. The second-order valence-corrected chi connectivity index (χ2v) is 5.63. The molecule has 0 spiro atoms. The lowest BCUT2D eigenvalue weighted by molar-refractivity contribution is -0.114. The molecule has 1 aliphatic carbocycles. The molecule has 4 heteroatoms. The number of hydrogen-bond donors (Lipinski definition) is 1. The van der Waals surface area contributed by atoms with Gasteiger partial charge in [-0.2, -0.15) is 0 Å². The molecule has 1 N–H and O–H groups in total. The van der Waals surface area contributed by atoms with Crippen LogP contribution in [0.25, 0.3) is 0 Å². The average molecular weight is 278 g/mol. The van der Waals surface area contributed by atoms with Crippen molar-refractivity contribution in [1.29, 1.82) is 0 Å². The quantitative estimate of drug-likeness (QED) is 0.800. The third-order valence-corrected chi connectivity index (χ3v) is 4.10. The minimum atomic E-state index is 0.281. The fourth-order valence-corrected chi connectivity index (χ4v) is 2.86. The highest BCUT2D eigenvalue weighted by Crippen LogP contribution is 2.20. The molecule has 0 aromatic heterocycles. The van der Waals surface area contributed by atoms with Gasteiger partial charge in [-0.3, -0.25) is 9.69 Å². The van der Waals surface area contributed by atoms with Crippen LogP contribution in [0.4, 0.5) is 0 Å². The number of likely N-dealkylation sites (N-methyl/N-ethyl adjacent to an activating group) is 1. The van der Waals surface area contributed by atoms with E-state index in [1.165, 1.54) is 5.57 Å². The van der Waals surface area contributed by atoms with Crippen molar-refractivity contribution in [2.24, 2.45) is 0 Å². The lowest BCUT2D eigenvalue weighted by atomic mass is 9.94. The van der Waals surface area contributed by atoms with Crippen LogP contribution in [0.15, 0.2) is 23.3 Å². The van der Waals surface area contributed by atoms with Gasteiger partial charge in [0.1, 0.15) is 0 Å². The van der Waals surface area contributed by atoms with Crippen molar-refractivity contribution in [1.82, 2.24) is 10.2 Å². The zero-order valence-corrected chi connectivity index (χ0v) is 12.7. The molecule has 1 saturated heterocycles. The first-order valence-electron chi connectivity index (χ1n) is 7.58. The lowest BCUT2D eigenvalue weighted by Gasteiger charge is -2.32. The Bertz CT molecular complexity index is 399. The van der Waals surface area contributed by atoms with Crippen molar-refractivity contribution >= 4 is 5.78 Å². The molecule has 0 amide bonds. The van der Waals surface area contributed by atoms with Crippen molar-refractivity contribution in [2.75, 3.05) is 39.8 Å². The Hall–Kier alpha value is -0.970. The number of nitrogens with one attached hydrogen (secondary N) is 1. The highest BCUT2D eigenvalue weighted by molar-refractivity contribution is 5.98. The van der Waals surface area contributed by atoms with Crippen LogP contribution in [0.5, 0.6) is 0 Å². The van der Waals surface area contributed by atoms with Crippen LogP contribution in [-0.2, 0) is 9.53 Å². The number of morpholine rings is 1. The predicted molar refractivity (Wildman–Crippen MR) is 80.8 cm³/mol. The molecule has 2 aliphatic rings. The number of nitrogens with zero attached hydrogens (tertiary/aromatic N) is 1. The highest BCUT2D eigenvalue weighted by Gasteiger charge is 2.19. The van der Waals surface area contributed by atoms with Crippen LogP contribution in [0.1, 0.15) is 26.2 Å². The molecule has 0 radical (unpaired) electrons. The molecule has 2 rings (SSSR count). The van der Waals surface area contributed by atoms with Crippen LogP contribution >= 0.6 is 0 Å². The van der Waals surface area contributed by atoms with E-state index in [0.29, 0.717) is 12.5 Å². The number of allylic oxidation sites excluding steroid dienone is 4. The first kappa shape index (κ1) is 15.4. The van der Waals surface area contributed by atoms with Gasteiger partial charge in [0.15, 0.2) is 5.78 Å². The molecule has 4 nitrogen and oxygen atoms in total. The molecule has 1 fully saturated rings. The summed E-state index contributed by atoms with van der Waals surface area (Å²) in [6.07, 6.45) is 7.11. The molecule has 1 atom stereocenters. The molecular formula is C16H26N2O2. The summed E-state index contributed by atoms with van der Waals surface area (Å²) >= 11 is 0. The number of rotatable bonds is 6. The Balaban J connectivity index is 1.74. The monoisotopic (exact) mass is 278 g/mol. The number of ketones is 1. The van der Waals surface area contributed by atoms with E-state index in [9.17, 15) is 4.79 Å². The van der Waals surface area contributed by atoms with Crippen LogP contribution in [0.3, 0.4) is 0 Å². The Kier molecular flexibility index (Phi) is 5.95. The first-order chi connectivity index (χ1) is 9.70. The summed E-state index contributed by atoms with van der Waals surface area (Å²) in [5.74, 6) is 0.281. The first-order valence-corrected chi connectivity index (χ1v) is 7.58. The van der Waals surface area contributed by atoms with Gasteiger partial charge in [0, 0.05) is 26.1 Å². The molecule has 0 saturated carbocycles. The smallest absolute Gasteiger partial charge is 0.162 e. The maximum atomic E-state index is 11.6. The molecule has 0 unspecified atom stereocenters. The number of carbonyl (C=O) groups is 1. The van der Waals surface area contributed by atoms with E-state index in [2.05, 4.69) is 16.3 Å². The Morgan fingerprint density at radius 3 is 3.15 bits per heavy atom. The average Bonchev–Trinajstić information content (AvgIpc) is 2.44. The van der Waals surface area contributed by atoms with Gasteiger partial charge in [-0.25, -0.2) is 0 Å². The largest absolute Gasteiger partial charge is 0.374 e. The zero-order valence-electron chi connectivity index (χ0n) is 12.7. The van der Waals surface area contributed by atoms with Crippen LogP contribution < -0.4 is 5.32 Å². The van der Waals surface area contributed by atoms with Gasteiger partial charge in [-0.05, 0) is 44.5 Å². The Morgan fingerprint density at radius 1 is 1.50 bits per heavy atom. The van der Waals surface area contributed by atoms with Gasteiger partial charge in [0.2, 0.25) is 0 Å². The minimum Gasteiger partial charge on any atom is -0.374 e. The number of hydrogen-bond acceptors (Lipinski definition) is 4. The molecule has 112 valence electrons. The zero-order chi connectivity index (χ0) is 14.4. The summed E-state index contributed by atoms with van der Waals surface area (Å²) in [5.41, 5.74) is 2.18. The van der Waals surface area contributed by atoms with Gasteiger partial charge in [0.25, 0.3) is 0 Å². The van der Waals surface area contributed by atoms with E-state index in [1.54, 1.807) is 0 Å². The second-order valence-electron chi connectivity index (χ2n) is 5.63. The predicted octanol–water partition coefficient (Wildman–Crippen LogP) is 1.53. The van der Waals surface area contributed by atoms with Crippen molar-refractivity contribution < 1.29 is 9.53 Å². The lowest BCUT2D eigenvalue weighted by Crippen LogP contribution is -2.46. The molecular weight excluding hydrogens is 252 g/mol. The normalized spacial score (nSPS) is 24.5. The van der Waals surface area contributed by atoms with E-state index in [-0.39, 0.29) is 5.78 Å². The summed E-state index contributed by atoms with van der Waals surface area (Å²) in [7, 11) is 1.96. The van der Waals surface area contributed by atoms with Gasteiger partial charge in [-0.15, -0.1) is 0 Å². The summed E-state index contributed by atoms with van der Waals surface area (Å²) in [6, 6.07) is 0. The number of ether oxygens (including phenoxy) is 1. The van der Waals surface area contributed by atoms with E-state index in [4.69, 9.17) is 4.74 Å². The molecule has 0 bridgehead atoms. The molecule has 1 aliphatic heterocycles. The van der Waals surface area contributed by atoms with Crippen molar-refractivity contribution in [3.63, 3.8) is 0 Å². The second kappa shape index (κ2) is 7.72. The SMILES string of the molecule is CNC[C@H]1CN(CCCC2=C(C)C(=O)CC=C2)CCO1. The van der Waals surface area contributed by atoms with Gasteiger partial charge < -0.3 is 10.1 Å². The van der Waals surface area contributed by atoms with Gasteiger partial charge in [-0.1, -0.05) is 12.2 Å². The van der Waals surface area contributed by atoms with Gasteiger partial charge in [0.05, 0.1) is 12.7 Å². The van der Waals surface area contributed by atoms with Crippen molar-refractivity contribution in [2.45, 2.75) is 32.3 Å². The van der Waals surface area contributed by atoms with E-state index in [0.717, 1.165) is 51.2 Å². The van der Waals surface area contributed by atoms with E-state index < -0.39 is 0 Å². The minimum absolute atomic E-state index is 0.281. The van der Waals surface area contributed by atoms with E-state index >= 15 is 0 Å². The topological polar surface area (TPSA) is 41.6 Å². The third-order valence-electron chi connectivity index (χ3n) is 4.10. The summed E-state index contributed by atoms with van der Waals surface area (Å²) in [5, 5.41) is 3.17. The standard InChI is InChI=1S/C16H26N2O2/c1-13-14(5-3-7-16(13)19)6-4-8-18-9-10-20-15(12-18)11-17-2/h3,5,15,17H,4,6-12H2,1-2H3/t15-/m0/s1. The van der Waals surface area contributed by atoms with Gasteiger partial charge >= 0.3 is 0 Å². The summed E-state index contributed by atoms with van der Waals surface area (Å²) in [4.78, 5) is 14.1. The number of carbonyl (C=O) groups excluding carboxylic acids is 1. The Labute approximate surface area is 121 Å². The molecule has 0 aromatic rings. The van der Waals surface area contributed by atoms with Crippen LogP contribution in [-0.4, -0.2) is 56.6 Å². The summed E-state index contributed by atoms with van der Waals surface area (Å²) in [6.45, 7) is 6.81. The molecule has 20 heavy (non-hydrogen) atoms. The Morgan fingerprint density at radius 2 is 2.35 bits per heavy atom. The molecule has 0 aromatic carbocycles. The van der Waals surface area contributed by atoms with Crippen molar-refractivity contribution in [3.8, 4) is 0 Å². The van der Waals surface area contributed by atoms with Crippen LogP contribution in [0.2, 0.25) is 0 Å². The third kappa shape index (κ3) is 4.27. The van der Waals surface area contributed by atoms with Crippen LogP contribution in [0, 0.1) is 0 Å². The van der Waals surface area contributed by atoms with Crippen molar-refractivity contribution in [3.05, 3.63) is 23.3 Å². The summed E-state index contributed by atoms with van der Waals surface area (Å²) < 4.78 is 5.71. The molecule has 1 heterocycles. The number of Topliss-reactive ketones (excluding diaryl/α,β-unsaturated/α-hetero) is 1. The fourth-order valence-electron chi connectivity index (χ4n) is 2.86.